The molecule has 0 fully saturated rings. The third-order valence-electron chi connectivity index (χ3n) is 2.46. The van der Waals surface area contributed by atoms with Gasteiger partial charge in [0.05, 0.1) is 6.04 Å². The second-order valence-corrected chi connectivity index (χ2v) is 5.40. The first-order valence-corrected chi connectivity index (χ1v) is 6.09. The van der Waals surface area contributed by atoms with Gasteiger partial charge in [-0.25, -0.2) is 0 Å². The Bertz CT molecular complexity index is 244. The average Bonchev–Trinajstić information content (AvgIpc) is 2.14. The summed E-state index contributed by atoms with van der Waals surface area (Å²) in [5.74, 6) is 0.383. The van der Waals surface area contributed by atoms with Crippen molar-refractivity contribution in [2.45, 2.75) is 54.0 Å². The maximum absolute atomic E-state index is 11.9. The molecule has 0 heterocycles. The molecule has 0 radical (unpaired) electrons. The minimum Gasteiger partial charge on any atom is -0.346 e. The molecule has 0 saturated heterocycles. The first-order chi connectivity index (χ1) is 7.25. The van der Waals surface area contributed by atoms with Gasteiger partial charge >= 0.3 is 0 Å². The molecule has 0 saturated carbocycles. The number of hydrogen-bond donors (Lipinski definition) is 1. The Morgan fingerprint density at radius 2 is 1.44 bits per heavy atom. The molecule has 0 aliphatic rings. The summed E-state index contributed by atoms with van der Waals surface area (Å²) in [6.45, 7) is 11.5. The van der Waals surface area contributed by atoms with Gasteiger partial charge < -0.3 is 5.32 Å². The van der Waals surface area contributed by atoms with Crippen molar-refractivity contribution in [3.05, 3.63) is 0 Å². The van der Waals surface area contributed by atoms with Crippen molar-refractivity contribution in [2.75, 3.05) is 0 Å². The van der Waals surface area contributed by atoms with E-state index in [-0.39, 0.29) is 29.6 Å². The zero-order valence-corrected chi connectivity index (χ0v) is 11.3. The fourth-order valence-corrected chi connectivity index (χ4v) is 1.46. The van der Waals surface area contributed by atoms with Gasteiger partial charge in [0.1, 0.15) is 0 Å². The van der Waals surface area contributed by atoms with Gasteiger partial charge in [-0.15, -0.1) is 0 Å². The van der Waals surface area contributed by atoms with Crippen molar-refractivity contribution in [1.82, 2.24) is 5.32 Å². The van der Waals surface area contributed by atoms with Gasteiger partial charge in [0.15, 0.2) is 5.78 Å². The van der Waals surface area contributed by atoms with Gasteiger partial charge in [0.2, 0.25) is 5.91 Å². The lowest BCUT2D eigenvalue weighted by atomic mass is 9.94. The molecule has 0 rings (SSSR count). The second-order valence-electron chi connectivity index (χ2n) is 5.40. The predicted molar refractivity (Wildman–Crippen MR) is 66.1 cm³/mol. The second kappa shape index (κ2) is 6.66. The lowest BCUT2D eigenvalue weighted by Crippen LogP contribution is -2.45. The fraction of sp³-hybridized carbons (Fsp3) is 0.846. The molecule has 1 atom stereocenters. The monoisotopic (exact) mass is 228 g/mol. The minimum atomic E-state index is -0.324. The van der Waals surface area contributed by atoms with Gasteiger partial charge in [-0.05, 0) is 12.3 Å². The van der Waals surface area contributed by atoms with E-state index in [4.69, 9.17) is 0 Å². The van der Waals surface area contributed by atoms with E-state index in [0.717, 1.165) is 6.42 Å². The highest BCUT2D eigenvalue weighted by Gasteiger charge is 2.24. The Hall–Kier alpha value is -0.860. The molecular formula is C13H25NO2. The molecule has 1 amide bonds. The molecule has 0 bridgehead atoms. The summed E-state index contributed by atoms with van der Waals surface area (Å²) in [4.78, 5) is 23.5. The number of Topliss-reactive ketones (excluding diaryl/α,β-unsaturated/α-hetero) is 1. The zero-order chi connectivity index (χ0) is 12.9. The van der Waals surface area contributed by atoms with Crippen molar-refractivity contribution < 1.29 is 9.59 Å². The maximum Gasteiger partial charge on any atom is 0.223 e. The smallest absolute Gasteiger partial charge is 0.223 e. The molecule has 0 aromatic heterocycles. The minimum absolute atomic E-state index is 0.0313. The van der Waals surface area contributed by atoms with Crippen LogP contribution in [-0.2, 0) is 9.59 Å². The van der Waals surface area contributed by atoms with Crippen LogP contribution in [0.3, 0.4) is 0 Å². The third kappa shape index (κ3) is 5.29. The topological polar surface area (TPSA) is 46.2 Å². The van der Waals surface area contributed by atoms with E-state index in [1.807, 2.05) is 27.7 Å². The van der Waals surface area contributed by atoms with E-state index in [2.05, 4.69) is 19.2 Å². The number of hydrogen-bond acceptors (Lipinski definition) is 2. The van der Waals surface area contributed by atoms with Gasteiger partial charge in [0.25, 0.3) is 0 Å². The molecule has 0 aliphatic carbocycles. The van der Waals surface area contributed by atoms with E-state index >= 15 is 0 Å². The molecule has 3 heteroatoms. The Morgan fingerprint density at radius 3 is 1.75 bits per heavy atom. The molecule has 3 nitrogen and oxygen atoms in total. The highest BCUT2D eigenvalue weighted by Crippen LogP contribution is 2.11. The summed E-state index contributed by atoms with van der Waals surface area (Å²) >= 11 is 0. The van der Waals surface area contributed by atoms with Crippen LogP contribution in [-0.4, -0.2) is 17.7 Å². The largest absolute Gasteiger partial charge is 0.346 e. The van der Waals surface area contributed by atoms with Crippen LogP contribution < -0.4 is 5.32 Å². The molecular weight excluding hydrogens is 203 g/mol. The number of amides is 1. The normalized spacial score (nSPS) is 13.3. The van der Waals surface area contributed by atoms with Crippen LogP contribution in [0, 0.1) is 17.8 Å². The highest BCUT2D eigenvalue weighted by atomic mass is 16.2. The Balaban J connectivity index is 4.55. The maximum atomic E-state index is 11.9. The van der Waals surface area contributed by atoms with Crippen LogP contribution in [0.1, 0.15) is 48.0 Å². The zero-order valence-electron chi connectivity index (χ0n) is 11.3. The van der Waals surface area contributed by atoms with Crippen LogP contribution in [0.5, 0.6) is 0 Å². The quantitative estimate of drug-likeness (QED) is 0.710. The van der Waals surface area contributed by atoms with Crippen LogP contribution in [0.15, 0.2) is 0 Å². The Labute approximate surface area is 99.0 Å². The summed E-state index contributed by atoms with van der Waals surface area (Å²) in [7, 11) is 0. The van der Waals surface area contributed by atoms with E-state index in [9.17, 15) is 9.59 Å². The van der Waals surface area contributed by atoms with E-state index in [1.54, 1.807) is 0 Å². The standard InChI is InChI=1S/C13H25NO2/c1-8(2)7-11(12(15)9(3)4)14-13(16)10(5)6/h8-11H,7H2,1-6H3,(H,14,16)/i13+1. The molecule has 1 unspecified atom stereocenters. The molecule has 0 aliphatic heterocycles. The summed E-state index contributed by atoms with van der Waals surface area (Å²) in [6.07, 6.45) is 0.718. The number of rotatable bonds is 6. The molecule has 16 heavy (non-hydrogen) atoms. The number of ketones is 1. The lowest BCUT2D eigenvalue weighted by Gasteiger charge is -2.22. The number of carbonyl (C=O) groups is 2. The van der Waals surface area contributed by atoms with Crippen molar-refractivity contribution in [3.8, 4) is 0 Å². The van der Waals surface area contributed by atoms with Gasteiger partial charge in [0, 0.05) is 11.8 Å². The lowest BCUT2D eigenvalue weighted by molar-refractivity contribution is -0.131. The van der Waals surface area contributed by atoms with Crippen molar-refractivity contribution in [3.63, 3.8) is 0 Å². The van der Waals surface area contributed by atoms with Crippen LogP contribution in [0.4, 0.5) is 0 Å². The summed E-state index contributed by atoms with van der Waals surface area (Å²) in [6, 6.07) is -0.324. The van der Waals surface area contributed by atoms with Crippen LogP contribution in [0.25, 0.3) is 0 Å². The van der Waals surface area contributed by atoms with Crippen LogP contribution >= 0.6 is 0 Å². The molecule has 1 N–H and O–H groups in total. The predicted octanol–water partition coefficient (Wildman–Crippen LogP) is 2.40. The Kier molecular flexibility index (Phi) is 6.31. The van der Waals surface area contributed by atoms with Gasteiger partial charge in [-0.3, -0.25) is 9.59 Å². The number of carbonyl (C=O) groups excluding carboxylic acids is 2. The molecule has 0 spiro atoms. The first-order valence-electron chi connectivity index (χ1n) is 6.09. The highest BCUT2D eigenvalue weighted by molar-refractivity contribution is 5.90. The first kappa shape index (κ1) is 15.1. The van der Waals surface area contributed by atoms with Crippen molar-refractivity contribution in [2.24, 2.45) is 17.8 Å². The molecule has 0 aromatic carbocycles. The van der Waals surface area contributed by atoms with Crippen molar-refractivity contribution in [1.29, 1.82) is 0 Å². The SMILES string of the molecule is CC(C)CC(N[13C](=O)C(C)C)C(=O)C(C)C. The summed E-state index contributed by atoms with van der Waals surface area (Å²) < 4.78 is 0. The van der Waals surface area contributed by atoms with Gasteiger partial charge in [-0.1, -0.05) is 41.5 Å². The summed E-state index contributed by atoms with van der Waals surface area (Å²) in [5, 5.41) is 2.84. The van der Waals surface area contributed by atoms with Crippen molar-refractivity contribution >= 4 is 11.7 Å². The average molecular weight is 228 g/mol. The fourth-order valence-electron chi connectivity index (χ4n) is 1.46. The number of nitrogens with one attached hydrogen (secondary N) is 1. The van der Waals surface area contributed by atoms with E-state index in [0.29, 0.717) is 5.92 Å². The Morgan fingerprint density at radius 1 is 0.938 bits per heavy atom. The van der Waals surface area contributed by atoms with E-state index in [1.165, 1.54) is 0 Å². The van der Waals surface area contributed by atoms with Crippen LogP contribution in [0.2, 0.25) is 0 Å². The summed E-state index contributed by atoms with van der Waals surface area (Å²) in [5.41, 5.74) is 0. The van der Waals surface area contributed by atoms with E-state index < -0.39 is 0 Å². The van der Waals surface area contributed by atoms with Gasteiger partial charge in [-0.2, -0.15) is 0 Å². The third-order valence-corrected chi connectivity index (χ3v) is 2.46. The molecule has 94 valence electrons. The molecule has 0 aromatic rings.